The lowest BCUT2D eigenvalue weighted by molar-refractivity contribution is 0.0513. The fourth-order valence-electron chi connectivity index (χ4n) is 2.04. The standard InChI is InChI=1S/C15H18N2O2/c1-3-19-15(18)14-12(2)6-10-17(14)11-7-13-4-8-16-9-5-13/h4-6,8-10H,3,7,11H2,1-2H3. The summed E-state index contributed by atoms with van der Waals surface area (Å²) in [7, 11) is 0. The molecule has 0 unspecified atom stereocenters. The van der Waals surface area contributed by atoms with E-state index >= 15 is 0 Å². The van der Waals surface area contributed by atoms with Crippen molar-refractivity contribution in [3.05, 3.63) is 53.6 Å². The highest BCUT2D eigenvalue weighted by molar-refractivity contribution is 5.89. The smallest absolute Gasteiger partial charge is 0.355 e. The van der Waals surface area contributed by atoms with E-state index in [1.807, 2.05) is 42.8 Å². The second-order valence-electron chi connectivity index (χ2n) is 4.37. The lowest BCUT2D eigenvalue weighted by atomic mass is 10.2. The summed E-state index contributed by atoms with van der Waals surface area (Å²) in [4.78, 5) is 15.9. The topological polar surface area (TPSA) is 44.1 Å². The van der Waals surface area contributed by atoms with E-state index in [4.69, 9.17) is 4.74 Å². The monoisotopic (exact) mass is 258 g/mol. The van der Waals surface area contributed by atoms with E-state index in [0.717, 1.165) is 18.5 Å². The summed E-state index contributed by atoms with van der Waals surface area (Å²) >= 11 is 0. The van der Waals surface area contributed by atoms with Crippen molar-refractivity contribution in [3.63, 3.8) is 0 Å². The van der Waals surface area contributed by atoms with Gasteiger partial charge in [0.15, 0.2) is 0 Å². The molecule has 2 aromatic heterocycles. The number of hydrogen-bond donors (Lipinski definition) is 0. The van der Waals surface area contributed by atoms with Crippen molar-refractivity contribution in [2.45, 2.75) is 26.8 Å². The van der Waals surface area contributed by atoms with Crippen molar-refractivity contribution in [1.82, 2.24) is 9.55 Å². The molecule has 0 aliphatic carbocycles. The quantitative estimate of drug-likeness (QED) is 0.774. The molecule has 4 nitrogen and oxygen atoms in total. The molecule has 0 atom stereocenters. The van der Waals surface area contributed by atoms with Gasteiger partial charge in [0.1, 0.15) is 5.69 Å². The van der Waals surface area contributed by atoms with Crippen LogP contribution in [0.3, 0.4) is 0 Å². The lowest BCUT2D eigenvalue weighted by Crippen LogP contribution is -2.14. The number of aromatic nitrogens is 2. The Labute approximate surface area is 113 Å². The summed E-state index contributed by atoms with van der Waals surface area (Å²) in [5, 5.41) is 0. The predicted octanol–water partition coefficient (Wildman–Crippen LogP) is 2.61. The molecule has 0 aliphatic heterocycles. The molecular formula is C15H18N2O2. The summed E-state index contributed by atoms with van der Waals surface area (Å²) in [6, 6.07) is 5.92. The van der Waals surface area contributed by atoms with E-state index in [9.17, 15) is 4.79 Å². The number of ether oxygens (including phenoxy) is 1. The highest BCUT2D eigenvalue weighted by Crippen LogP contribution is 2.13. The lowest BCUT2D eigenvalue weighted by Gasteiger charge is -2.09. The van der Waals surface area contributed by atoms with Gasteiger partial charge in [0.25, 0.3) is 0 Å². The van der Waals surface area contributed by atoms with Gasteiger partial charge in [-0.05, 0) is 49.6 Å². The third-order valence-corrected chi connectivity index (χ3v) is 3.02. The van der Waals surface area contributed by atoms with Gasteiger partial charge in [-0.15, -0.1) is 0 Å². The molecule has 19 heavy (non-hydrogen) atoms. The molecular weight excluding hydrogens is 240 g/mol. The molecule has 0 fully saturated rings. The molecule has 0 aromatic carbocycles. The van der Waals surface area contributed by atoms with Crippen molar-refractivity contribution in [2.75, 3.05) is 6.61 Å². The second-order valence-corrected chi connectivity index (χ2v) is 4.37. The number of hydrogen-bond acceptors (Lipinski definition) is 3. The normalized spacial score (nSPS) is 10.4. The van der Waals surface area contributed by atoms with Crippen LogP contribution in [-0.4, -0.2) is 22.1 Å². The minimum absolute atomic E-state index is 0.250. The number of aryl methyl sites for hydroxylation is 3. The molecule has 100 valence electrons. The van der Waals surface area contributed by atoms with Crippen LogP contribution in [0, 0.1) is 6.92 Å². The minimum atomic E-state index is -0.250. The molecule has 0 spiro atoms. The van der Waals surface area contributed by atoms with Gasteiger partial charge in [0.05, 0.1) is 6.61 Å². The van der Waals surface area contributed by atoms with Gasteiger partial charge < -0.3 is 9.30 Å². The summed E-state index contributed by atoms with van der Waals surface area (Å²) in [6.45, 7) is 4.90. The molecule has 0 N–H and O–H groups in total. The Hall–Kier alpha value is -2.10. The fourth-order valence-corrected chi connectivity index (χ4v) is 2.04. The maximum absolute atomic E-state index is 11.9. The Morgan fingerprint density at radius 1 is 1.32 bits per heavy atom. The average Bonchev–Trinajstić information content (AvgIpc) is 2.79. The zero-order valence-electron chi connectivity index (χ0n) is 11.3. The molecule has 2 heterocycles. The number of carbonyl (C=O) groups excluding carboxylic acids is 1. The van der Waals surface area contributed by atoms with E-state index in [1.165, 1.54) is 5.56 Å². The molecule has 0 saturated heterocycles. The molecule has 0 saturated carbocycles. The Morgan fingerprint density at radius 2 is 2.05 bits per heavy atom. The number of nitrogens with zero attached hydrogens (tertiary/aromatic N) is 2. The SMILES string of the molecule is CCOC(=O)c1c(C)ccn1CCc1ccncc1. The van der Waals surface area contributed by atoms with Crippen LogP contribution in [0.2, 0.25) is 0 Å². The maximum Gasteiger partial charge on any atom is 0.355 e. The first-order chi connectivity index (χ1) is 9.22. The van der Waals surface area contributed by atoms with Crippen molar-refractivity contribution in [2.24, 2.45) is 0 Å². The van der Waals surface area contributed by atoms with Gasteiger partial charge in [-0.1, -0.05) is 0 Å². The van der Waals surface area contributed by atoms with E-state index in [-0.39, 0.29) is 5.97 Å². The third-order valence-electron chi connectivity index (χ3n) is 3.02. The molecule has 2 aromatic rings. The first-order valence-electron chi connectivity index (χ1n) is 6.44. The Bertz CT molecular complexity index is 547. The number of esters is 1. The van der Waals surface area contributed by atoms with E-state index < -0.39 is 0 Å². The van der Waals surface area contributed by atoms with E-state index in [1.54, 1.807) is 12.4 Å². The van der Waals surface area contributed by atoms with Gasteiger partial charge >= 0.3 is 5.97 Å². The van der Waals surface area contributed by atoms with Gasteiger partial charge in [-0.3, -0.25) is 4.98 Å². The molecule has 0 amide bonds. The van der Waals surface area contributed by atoms with Crippen LogP contribution < -0.4 is 0 Å². The second kappa shape index (κ2) is 6.18. The summed E-state index contributed by atoms with van der Waals surface area (Å²) in [5.41, 5.74) is 2.81. The zero-order chi connectivity index (χ0) is 13.7. The summed E-state index contributed by atoms with van der Waals surface area (Å²) in [5.74, 6) is -0.250. The highest BCUT2D eigenvalue weighted by atomic mass is 16.5. The van der Waals surface area contributed by atoms with Crippen molar-refractivity contribution in [3.8, 4) is 0 Å². The fraction of sp³-hybridized carbons (Fsp3) is 0.333. The molecule has 0 bridgehead atoms. The molecule has 0 radical (unpaired) electrons. The largest absolute Gasteiger partial charge is 0.461 e. The third kappa shape index (κ3) is 3.22. The van der Waals surface area contributed by atoms with Gasteiger partial charge in [-0.25, -0.2) is 4.79 Å². The maximum atomic E-state index is 11.9. The summed E-state index contributed by atoms with van der Waals surface area (Å²) < 4.78 is 7.04. The number of pyridine rings is 1. The molecule has 4 heteroatoms. The average molecular weight is 258 g/mol. The Balaban J connectivity index is 2.11. The Kier molecular flexibility index (Phi) is 4.34. The van der Waals surface area contributed by atoms with Crippen LogP contribution in [-0.2, 0) is 17.7 Å². The van der Waals surface area contributed by atoms with Gasteiger partial charge in [0, 0.05) is 25.1 Å². The van der Waals surface area contributed by atoms with Crippen molar-refractivity contribution < 1.29 is 9.53 Å². The first-order valence-corrected chi connectivity index (χ1v) is 6.44. The van der Waals surface area contributed by atoms with E-state index in [0.29, 0.717) is 12.3 Å². The first kappa shape index (κ1) is 13.3. The van der Waals surface area contributed by atoms with Crippen LogP contribution in [0.1, 0.15) is 28.5 Å². The van der Waals surface area contributed by atoms with Crippen molar-refractivity contribution in [1.29, 1.82) is 0 Å². The van der Waals surface area contributed by atoms with Crippen LogP contribution in [0.4, 0.5) is 0 Å². The van der Waals surface area contributed by atoms with Crippen LogP contribution in [0.15, 0.2) is 36.8 Å². The van der Waals surface area contributed by atoms with Crippen LogP contribution >= 0.6 is 0 Å². The number of rotatable bonds is 5. The number of carbonyl (C=O) groups is 1. The van der Waals surface area contributed by atoms with Gasteiger partial charge in [-0.2, -0.15) is 0 Å². The molecule has 0 aliphatic rings. The zero-order valence-corrected chi connectivity index (χ0v) is 11.3. The molecule has 2 rings (SSSR count). The predicted molar refractivity (Wildman–Crippen MR) is 73.1 cm³/mol. The minimum Gasteiger partial charge on any atom is -0.461 e. The van der Waals surface area contributed by atoms with Gasteiger partial charge in [0.2, 0.25) is 0 Å². The van der Waals surface area contributed by atoms with E-state index in [2.05, 4.69) is 4.98 Å². The van der Waals surface area contributed by atoms with Crippen LogP contribution in [0.5, 0.6) is 0 Å². The highest BCUT2D eigenvalue weighted by Gasteiger charge is 2.15. The van der Waals surface area contributed by atoms with Crippen LogP contribution in [0.25, 0.3) is 0 Å². The Morgan fingerprint density at radius 3 is 2.74 bits per heavy atom. The summed E-state index contributed by atoms with van der Waals surface area (Å²) in [6.07, 6.45) is 6.36. The van der Waals surface area contributed by atoms with Crippen molar-refractivity contribution >= 4 is 5.97 Å².